The van der Waals surface area contributed by atoms with Crippen LogP contribution in [0.15, 0.2) is 0 Å². The topological polar surface area (TPSA) is 29.3 Å². The molecule has 2 aliphatic rings. The first-order chi connectivity index (χ1) is 6.23. The van der Waals surface area contributed by atoms with Crippen LogP contribution in [0.2, 0.25) is 0 Å². The Morgan fingerprint density at radius 3 is 2.54 bits per heavy atom. The van der Waals surface area contributed by atoms with Crippen LogP contribution >= 0.6 is 0 Å². The molecule has 2 nitrogen and oxygen atoms in total. The van der Waals surface area contributed by atoms with E-state index in [2.05, 4.69) is 11.8 Å². The number of unbranched alkanes of at least 4 members (excludes halogenated alkanes) is 1. The monoisotopic (exact) mass is 182 g/mol. The Morgan fingerprint density at radius 2 is 2.08 bits per heavy atom. The quantitative estimate of drug-likeness (QED) is 0.678. The van der Waals surface area contributed by atoms with Crippen LogP contribution in [0.1, 0.15) is 45.4 Å². The molecule has 13 heavy (non-hydrogen) atoms. The molecular weight excluding hydrogens is 160 g/mol. The van der Waals surface area contributed by atoms with Gasteiger partial charge < -0.3 is 5.73 Å². The first-order valence-electron chi connectivity index (χ1n) is 5.76. The zero-order valence-corrected chi connectivity index (χ0v) is 8.76. The van der Waals surface area contributed by atoms with E-state index < -0.39 is 0 Å². The van der Waals surface area contributed by atoms with Crippen molar-refractivity contribution in [3.8, 4) is 0 Å². The molecule has 0 unspecified atom stereocenters. The molecule has 0 radical (unpaired) electrons. The van der Waals surface area contributed by atoms with E-state index in [4.69, 9.17) is 5.73 Å². The summed E-state index contributed by atoms with van der Waals surface area (Å²) in [6.07, 6.45) is 7.98. The normalized spacial score (nSPS) is 25.2. The van der Waals surface area contributed by atoms with Crippen molar-refractivity contribution in [1.82, 2.24) is 4.90 Å². The van der Waals surface area contributed by atoms with E-state index in [0.29, 0.717) is 0 Å². The highest BCUT2D eigenvalue weighted by Gasteiger charge is 2.42. The summed E-state index contributed by atoms with van der Waals surface area (Å²) in [5.41, 5.74) is 6.36. The van der Waals surface area contributed by atoms with E-state index >= 15 is 0 Å². The van der Waals surface area contributed by atoms with Crippen molar-refractivity contribution >= 4 is 0 Å². The molecule has 0 aromatic rings. The number of hydrogen-bond donors (Lipinski definition) is 1. The lowest BCUT2D eigenvalue weighted by molar-refractivity contribution is 0.237. The third-order valence-corrected chi connectivity index (χ3v) is 3.27. The smallest absolute Gasteiger partial charge is 0.0284 e. The van der Waals surface area contributed by atoms with Gasteiger partial charge in [-0.05, 0) is 38.6 Å². The molecule has 2 fully saturated rings. The average molecular weight is 182 g/mol. The maximum atomic E-state index is 6.14. The molecule has 0 aromatic heterocycles. The van der Waals surface area contributed by atoms with E-state index in [0.717, 1.165) is 12.6 Å². The molecule has 0 atom stereocenters. The molecule has 0 aliphatic heterocycles. The summed E-state index contributed by atoms with van der Waals surface area (Å²) in [5.74, 6) is 0. The fraction of sp³-hybridized carbons (Fsp3) is 1.00. The first kappa shape index (κ1) is 9.47. The minimum absolute atomic E-state index is 0.219. The Balaban J connectivity index is 1.75. The number of nitrogens with two attached hydrogens (primary N) is 1. The van der Waals surface area contributed by atoms with Crippen molar-refractivity contribution in [3.05, 3.63) is 0 Å². The fourth-order valence-electron chi connectivity index (χ4n) is 1.91. The van der Waals surface area contributed by atoms with Crippen LogP contribution in [0.25, 0.3) is 0 Å². The molecule has 0 aromatic carbocycles. The van der Waals surface area contributed by atoms with Gasteiger partial charge in [0.2, 0.25) is 0 Å². The summed E-state index contributed by atoms with van der Waals surface area (Å²) in [4.78, 5) is 2.64. The molecule has 2 rings (SSSR count). The standard InChI is InChI=1S/C11H22N2/c1-2-3-8-13(10-4-5-10)9-11(12)6-7-11/h10H,2-9,12H2,1H3. The van der Waals surface area contributed by atoms with Gasteiger partial charge in [0, 0.05) is 18.1 Å². The first-order valence-corrected chi connectivity index (χ1v) is 5.76. The van der Waals surface area contributed by atoms with Gasteiger partial charge in [-0.1, -0.05) is 13.3 Å². The highest BCUT2D eigenvalue weighted by molar-refractivity contribution is 5.03. The van der Waals surface area contributed by atoms with E-state index in [1.165, 1.54) is 45.1 Å². The SMILES string of the molecule is CCCCN(CC1(N)CC1)C1CC1. The van der Waals surface area contributed by atoms with Crippen LogP contribution in [0.4, 0.5) is 0 Å². The summed E-state index contributed by atoms with van der Waals surface area (Å²) in [5, 5.41) is 0. The highest BCUT2D eigenvalue weighted by atomic mass is 15.2. The lowest BCUT2D eigenvalue weighted by atomic mass is 10.2. The van der Waals surface area contributed by atoms with Crippen LogP contribution in [0, 0.1) is 0 Å². The van der Waals surface area contributed by atoms with Crippen LogP contribution < -0.4 is 5.73 Å². The molecule has 76 valence electrons. The second-order valence-electron chi connectivity index (χ2n) is 4.92. The van der Waals surface area contributed by atoms with Crippen molar-refractivity contribution < 1.29 is 0 Å². The zero-order chi connectivity index (χ0) is 9.31. The third-order valence-electron chi connectivity index (χ3n) is 3.27. The van der Waals surface area contributed by atoms with E-state index in [1.807, 2.05) is 0 Å². The lowest BCUT2D eigenvalue weighted by Crippen LogP contribution is -2.41. The van der Waals surface area contributed by atoms with Crippen LogP contribution in [-0.4, -0.2) is 29.6 Å². The zero-order valence-electron chi connectivity index (χ0n) is 8.76. The van der Waals surface area contributed by atoms with Crippen molar-refractivity contribution in [3.63, 3.8) is 0 Å². The Morgan fingerprint density at radius 1 is 1.38 bits per heavy atom. The van der Waals surface area contributed by atoms with Gasteiger partial charge in [-0.3, -0.25) is 4.90 Å². The number of nitrogens with zero attached hydrogens (tertiary/aromatic N) is 1. The lowest BCUT2D eigenvalue weighted by Gasteiger charge is -2.25. The van der Waals surface area contributed by atoms with Crippen molar-refractivity contribution in [1.29, 1.82) is 0 Å². The second-order valence-corrected chi connectivity index (χ2v) is 4.92. The van der Waals surface area contributed by atoms with Crippen LogP contribution in [0.5, 0.6) is 0 Å². The molecule has 2 aliphatic carbocycles. The van der Waals surface area contributed by atoms with Crippen molar-refractivity contribution in [2.75, 3.05) is 13.1 Å². The Bertz CT molecular complexity index is 171. The molecule has 0 amide bonds. The summed E-state index contributed by atoms with van der Waals surface area (Å²) < 4.78 is 0. The van der Waals surface area contributed by atoms with Gasteiger partial charge in [-0.15, -0.1) is 0 Å². The maximum Gasteiger partial charge on any atom is 0.0284 e. The summed E-state index contributed by atoms with van der Waals surface area (Å²) >= 11 is 0. The summed E-state index contributed by atoms with van der Waals surface area (Å²) in [7, 11) is 0. The Kier molecular flexibility index (Phi) is 2.61. The van der Waals surface area contributed by atoms with Gasteiger partial charge in [0.1, 0.15) is 0 Å². The minimum atomic E-state index is 0.219. The van der Waals surface area contributed by atoms with E-state index in [1.54, 1.807) is 0 Å². The maximum absolute atomic E-state index is 6.14. The average Bonchev–Trinajstić information content (AvgIpc) is 2.94. The van der Waals surface area contributed by atoms with Gasteiger partial charge in [0.25, 0.3) is 0 Å². The van der Waals surface area contributed by atoms with Gasteiger partial charge in [0.05, 0.1) is 0 Å². The molecule has 0 heterocycles. The number of hydrogen-bond acceptors (Lipinski definition) is 2. The van der Waals surface area contributed by atoms with E-state index in [-0.39, 0.29) is 5.54 Å². The minimum Gasteiger partial charge on any atom is -0.324 e. The molecule has 0 spiro atoms. The van der Waals surface area contributed by atoms with Gasteiger partial charge in [-0.2, -0.15) is 0 Å². The van der Waals surface area contributed by atoms with Gasteiger partial charge in [0.15, 0.2) is 0 Å². The van der Waals surface area contributed by atoms with Crippen molar-refractivity contribution in [2.24, 2.45) is 5.73 Å². The molecule has 0 bridgehead atoms. The van der Waals surface area contributed by atoms with Gasteiger partial charge >= 0.3 is 0 Å². The largest absolute Gasteiger partial charge is 0.324 e. The fourth-order valence-corrected chi connectivity index (χ4v) is 1.91. The molecular formula is C11H22N2. The van der Waals surface area contributed by atoms with Gasteiger partial charge in [-0.25, -0.2) is 0 Å². The molecule has 0 saturated heterocycles. The van der Waals surface area contributed by atoms with Crippen molar-refractivity contribution in [2.45, 2.75) is 57.0 Å². The Hall–Kier alpha value is -0.0800. The predicted octanol–water partition coefficient (Wildman–Crippen LogP) is 1.74. The summed E-state index contributed by atoms with van der Waals surface area (Å²) in [6.45, 7) is 4.71. The number of rotatable bonds is 6. The molecule has 2 saturated carbocycles. The molecule has 2 N–H and O–H groups in total. The molecule has 2 heteroatoms. The third kappa shape index (κ3) is 2.68. The van der Waals surface area contributed by atoms with Crippen LogP contribution in [-0.2, 0) is 0 Å². The predicted molar refractivity (Wildman–Crippen MR) is 55.7 cm³/mol. The van der Waals surface area contributed by atoms with E-state index in [9.17, 15) is 0 Å². The second kappa shape index (κ2) is 3.58. The Labute approximate surface area is 81.5 Å². The highest BCUT2D eigenvalue weighted by Crippen LogP contribution is 2.36. The summed E-state index contributed by atoms with van der Waals surface area (Å²) in [6, 6.07) is 0.896. The van der Waals surface area contributed by atoms with Crippen LogP contribution in [0.3, 0.4) is 0 Å².